The zero-order valence-corrected chi connectivity index (χ0v) is 20.3. The van der Waals surface area contributed by atoms with Gasteiger partial charge in [-0.05, 0) is 53.8 Å². The SMILES string of the molecule is CS(=O)(=O)Nc1cc(C[C@H](O)CN[C@H](Cc2ccccc2)c2ccc(Cl)c(Cl)c2)ccc1O. The molecular formula is C24H26Cl2N2O4S. The van der Waals surface area contributed by atoms with Crippen molar-refractivity contribution in [2.45, 2.75) is 25.0 Å². The zero-order chi connectivity index (χ0) is 24.0. The Morgan fingerprint density at radius 2 is 1.64 bits per heavy atom. The molecule has 0 aromatic heterocycles. The lowest BCUT2D eigenvalue weighted by Gasteiger charge is -2.22. The Morgan fingerprint density at radius 1 is 0.909 bits per heavy atom. The molecular weight excluding hydrogens is 483 g/mol. The molecule has 3 rings (SSSR count). The van der Waals surface area contributed by atoms with Gasteiger partial charge in [-0.2, -0.15) is 0 Å². The lowest BCUT2D eigenvalue weighted by Crippen LogP contribution is -2.32. The second-order valence-electron chi connectivity index (χ2n) is 7.91. The molecule has 9 heteroatoms. The Morgan fingerprint density at radius 3 is 2.30 bits per heavy atom. The van der Waals surface area contributed by atoms with E-state index in [1.807, 2.05) is 42.5 Å². The molecule has 33 heavy (non-hydrogen) atoms. The van der Waals surface area contributed by atoms with Gasteiger partial charge in [0, 0.05) is 12.6 Å². The van der Waals surface area contributed by atoms with Gasteiger partial charge in [0.15, 0.2) is 0 Å². The molecule has 0 bridgehead atoms. The van der Waals surface area contributed by atoms with Crippen LogP contribution in [0.4, 0.5) is 5.69 Å². The van der Waals surface area contributed by atoms with E-state index in [0.29, 0.717) is 22.0 Å². The lowest BCUT2D eigenvalue weighted by atomic mass is 9.98. The molecule has 176 valence electrons. The van der Waals surface area contributed by atoms with Gasteiger partial charge in [-0.25, -0.2) is 8.42 Å². The molecule has 0 aliphatic heterocycles. The van der Waals surface area contributed by atoms with Gasteiger partial charge in [-0.15, -0.1) is 0 Å². The number of halogens is 2. The van der Waals surface area contributed by atoms with E-state index in [0.717, 1.165) is 17.4 Å². The number of aliphatic hydroxyl groups excluding tert-OH is 1. The summed E-state index contributed by atoms with van der Waals surface area (Å²) in [6.07, 6.45) is 1.22. The number of anilines is 1. The third-order valence-corrected chi connectivity index (χ3v) is 6.39. The van der Waals surface area contributed by atoms with Crippen LogP contribution < -0.4 is 10.0 Å². The van der Waals surface area contributed by atoms with Crippen LogP contribution >= 0.6 is 23.2 Å². The van der Waals surface area contributed by atoms with Gasteiger partial charge in [0.25, 0.3) is 0 Å². The summed E-state index contributed by atoms with van der Waals surface area (Å²) >= 11 is 12.3. The third kappa shape index (κ3) is 7.91. The van der Waals surface area contributed by atoms with Crippen LogP contribution in [0, 0.1) is 0 Å². The maximum atomic E-state index is 11.5. The van der Waals surface area contributed by atoms with E-state index in [1.54, 1.807) is 12.1 Å². The second-order valence-corrected chi connectivity index (χ2v) is 10.5. The van der Waals surface area contributed by atoms with Crippen LogP contribution in [0.25, 0.3) is 0 Å². The van der Waals surface area contributed by atoms with Crippen molar-refractivity contribution >= 4 is 38.9 Å². The van der Waals surface area contributed by atoms with E-state index in [4.69, 9.17) is 23.2 Å². The first-order valence-corrected chi connectivity index (χ1v) is 13.0. The van der Waals surface area contributed by atoms with Crippen molar-refractivity contribution in [2.75, 3.05) is 17.5 Å². The second kappa shape index (κ2) is 11.2. The summed E-state index contributed by atoms with van der Waals surface area (Å²) < 4.78 is 25.3. The number of phenolic OH excluding ortho intramolecular Hbond substituents is 1. The molecule has 0 fully saturated rings. The standard InChI is InChI=1S/C24H26Cl2N2O4S/c1-33(31,32)28-23-13-17(7-10-24(23)30)11-19(29)15-27-22(12-16-5-3-2-4-6-16)18-8-9-20(25)21(26)14-18/h2-10,13-14,19,22,27-30H,11-12,15H2,1H3/t19-,22+/m0/s1. The topological polar surface area (TPSA) is 98.7 Å². The maximum absolute atomic E-state index is 11.5. The van der Waals surface area contributed by atoms with Crippen LogP contribution in [0.1, 0.15) is 22.7 Å². The molecule has 0 heterocycles. The average Bonchev–Trinajstić information content (AvgIpc) is 2.75. The number of phenols is 1. The van der Waals surface area contributed by atoms with Crippen LogP contribution in [0.2, 0.25) is 10.0 Å². The summed E-state index contributed by atoms with van der Waals surface area (Å²) in [6, 6.07) is 19.9. The van der Waals surface area contributed by atoms with Gasteiger partial charge in [0.05, 0.1) is 28.1 Å². The zero-order valence-electron chi connectivity index (χ0n) is 18.0. The number of sulfonamides is 1. The number of hydrogen-bond acceptors (Lipinski definition) is 5. The lowest BCUT2D eigenvalue weighted by molar-refractivity contribution is 0.167. The highest BCUT2D eigenvalue weighted by Gasteiger charge is 2.17. The van der Waals surface area contributed by atoms with Crippen LogP contribution in [-0.4, -0.2) is 37.5 Å². The van der Waals surface area contributed by atoms with E-state index in [1.165, 1.54) is 12.1 Å². The first kappa shape index (κ1) is 25.3. The summed E-state index contributed by atoms with van der Waals surface area (Å²) in [4.78, 5) is 0. The highest BCUT2D eigenvalue weighted by atomic mass is 35.5. The number of nitrogens with one attached hydrogen (secondary N) is 2. The van der Waals surface area contributed by atoms with Gasteiger partial charge >= 0.3 is 0 Å². The van der Waals surface area contributed by atoms with Gasteiger partial charge < -0.3 is 15.5 Å². The van der Waals surface area contributed by atoms with Crippen molar-refractivity contribution in [3.05, 3.63) is 93.5 Å². The number of benzene rings is 3. The predicted molar refractivity (Wildman–Crippen MR) is 134 cm³/mol. The number of rotatable bonds is 10. The van der Waals surface area contributed by atoms with E-state index >= 15 is 0 Å². The van der Waals surface area contributed by atoms with Crippen molar-refractivity contribution in [1.82, 2.24) is 5.32 Å². The molecule has 0 aliphatic carbocycles. The molecule has 3 aromatic carbocycles. The van der Waals surface area contributed by atoms with E-state index in [-0.39, 0.29) is 30.4 Å². The third-order valence-electron chi connectivity index (χ3n) is 5.06. The summed E-state index contributed by atoms with van der Waals surface area (Å²) in [5.41, 5.74) is 2.84. The molecule has 4 N–H and O–H groups in total. The van der Waals surface area contributed by atoms with Crippen molar-refractivity contribution < 1.29 is 18.6 Å². The Balaban J connectivity index is 1.71. The molecule has 0 radical (unpaired) electrons. The first-order chi connectivity index (χ1) is 15.6. The molecule has 0 saturated heterocycles. The summed E-state index contributed by atoms with van der Waals surface area (Å²) in [7, 11) is -3.54. The Bertz CT molecular complexity index is 1190. The summed E-state index contributed by atoms with van der Waals surface area (Å²) in [5, 5.41) is 24.9. The highest BCUT2D eigenvalue weighted by Crippen LogP contribution is 2.28. The minimum Gasteiger partial charge on any atom is -0.506 e. The minimum atomic E-state index is -3.54. The van der Waals surface area contributed by atoms with Crippen LogP contribution in [-0.2, 0) is 22.9 Å². The Hall–Kier alpha value is -2.29. The fourth-order valence-corrected chi connectivity index (χ4v) is 4.37. The van der Waals surface area contributed by atoms with Gasteiger partial charge in [-0.1, -0.05) is 65.7 Å². The molecule has 0 unspecified atom stereocenters. The van der Waals surface area contributed by atoms with Gasteiger partial charge in [0.2, 0.25) is 10.0 Å². The quantitative estimate of drug-likeness (QED) is 0.301. The van der Waals surface area contributed by atoms with E-state index in [9.17, 15) is 18.6 Å². The normalized spacial score (nSPS) is 13.5. The van der Waals surface area contributed by atoms with Crippen molar-refractivity contribution in [3.8, 4) is 5.75 Å². The van der Waals surface area contributed by atoms with Gasteiger partial charge in [0.1, 0.15) is 5.75 Å². The fourth-order valence-electron chi connectivity index (χ4n) is 3.50. The number of hydrogen-bond donors (Lipinski definition) is 4. The number of aromatic hydroxyl groups is 1. The molecule has 0 spiro atoms. The Kier molecular flexibility index (Phi) is 8.62. The van der Waals surface area contributed by atoms with E-state index < -0.39 is 16.1 Å². The number of aliphatic hydroxyl groups is 1. The van der Waals surface area contributed by atoms with E-state index in [2.05, 4.69) is 10.0 Å². The van der Waals surface area contributed by atoms with Crippen LogP contribution in [0.5, 0.6) is 5.75 Å². The first-order valence-electron chi connectivity index (χ1n) is 10.3. The smallest absolute Gasteiger partial charge is 0.229 e. The summed E-state index contributed by atoms with van der Waals surface area (Å²) in [5.74, 6) is -0.181. The molecule has 0 saturated carbocycles. The largest absolute Gasteiger partial charge is 0.506 e. The highest BCUT2D eigenvalue weighted by molar-refractivity contribution is 7.92. The van der Waals surface area contributed by atoms with Crippen LogP contribution in [0.3, 0.4) is 0 Å². The molecule has 3 aromatic rings. The predicted octanol–water partition coefficient (Wildman–Crippen LogP) is 4.55. The molecule has 0 amide bonds. The Labute approximate surface area is 204 Å². The van der Waals surface area contributed by atoms with Crippen molar-refractivity contribution in [1.29, 1.82) is 0 Å². The molecule has 2 atom stereocenters. The van der Waals surface area contributed by atoms with Crippen molar-refractivity contribution in [2.24, 2.45) is 0 Å². The fraction of sp³-hybridized carbons (Fsp3) is 0.250. The average molecular weight is 509 g/mol. The summed E-state index contributed by atoms with van der Waals surface area (Å²) in [6.45, 7) is 0.285. The van der Waals surface area contributed by atoms with Gasteiger partial charge in [-0.3, -0.25) is 4.72 Å². The van der Waals surface area contributed by atoms with Crippen molar-refractivity contribution in [3.63, 3.8) is 0 Å². The maximum Gasteiger partial charge on any atom is 0.229 e. The van der Waals surface area contributed by atoms with Crippen LogP contribution in [0.15, 0.2) is 66.7 Å². The molecule has 0 aliphatic rings. The molecule has 6 nitrogen and oxygen atoms in total. The monoisotopic (exact) mass is 508 g/mol. The minimum absolute atomic E-state index is 0.0768.